The third-order valence-electron chi connectivity index (χ3n) is 9.03. The molecule has 4 bridgehead atoms. The van der Waals surface area contributed by atoms with Gasteiger partial charge in [0.1, 0.15) is 29.3 Å². The van der Waals surface area contributed by atoms with Crippen LogP contribution in [-0.4, -0.2) is 73.0 Å². The molecule has 2 aromatic heterocycles. The number of thiophene rings is 1. The minimum Gasteiger partial charge on any atom is -0.490 e. The number of ether oxygens (including phenoxy) is 5. The fourth-order valence-electron chi connectivity index (χ4n) is 6.24. The highest BCUT2D eigenvalue weighted by Gasteiger charge is 2.32. The normalized spacial score (nSPS) is 17.8. The van der Waals surface area contributed by atoms with E-state index in [4.69, 9.17) is 46.9 Å². The first-order valence-electron chi connectivity index (χ1n) is 16.9. The maximum Gasteiger partial charge on any atom is 0.345 e. The van der Waals surface area contributed by atoms with Gasteiger partial charge in [0, 0.05) is 37.1 Å². The van der Waals surface area contributed by atoms with E-state index in [1.54, 1.807) is 18.2 Å². The Kier molecular flexibility index (Phi) is 11.5. The van der Waals surface area contributed by atoms with Crippen LogP contribution in [0.15, 0.2) is 30.6 Å². The highest BCUT2D eigenvalue weighted by Crippen LogP contribution is 2.52. The fourth-order valence-corrected chi connectivity index (χ4v) is 8.72. The molecule has 2 aliphatic heterocycles. The summed E-state index contributed by atoms with van der Waals surface area (Å²) in [6, 6.07) is 6.08. The number of aromatic nitrogens is 2. The summed E-state index contributed by atoms with van der Waals surface area (Å²) in [5.74, 6) is 0.0216. The summed E-state index contributed by atoms with van der Waals surface area (Å²) in [4.78, 5) is 23.7. The van der Waals surface area contributed by atoms with Gasteiger partial charge < -0.3 is 33.9 Å². The number of aliphatic hydroxyl groups is 1. The zero-order valence-electron chi connectivity index (χ0n) is 29.3. The van der Waals surface area contributed by atoms with E-state index in [9.17, 15) is 15.0 Å². The molecule has 1 aliphatic carbocycles. The molecule has 0 spiro atoms. The van der Waals surface area contributed by atoms with Crippen LogP contribution in [0.3, 0.4) is 0 Å². The van der Waals surface area contributed by atoms with Crippen molar-refractivity contribution in [1.82, 2.24) is 9.97 Å². The molecule has 0 amide bonds. The average molecular weight is 774 g/mol. The molecule has 4 aromatic rings. The molecule has 272 valence electrons. The van der Waals surface area contributed by atoms with Crippen molar-refractivity contribution in [2.24, 2.45) is 0 Å². The van der Waals surface area contributed by atoms with Crippen molar-refractivity contribution in [3.63, 3.8) is 0 Å². The van der Waals surface area contributed by atoms with Crippen molar-refractivity contribution in [3.05, 3.63) is 62.2 Å². The number of aliphatic hydroxyl groups excluding tert-OH is 1. The number of allylic oxidation sites excluding steroid dienone is 2. The topological polar surface area (TPSA) is 129 Å². The lowest BCUT2D eigenvalue weighted by Gasteiger charge is -2.23. The maximum absolute atomic E-state index is 12.9. The van der Waals surface area contributed by atoms with Crippen molar-refractivity contribution >= 4 is 64.4 Å². The molecule has 0 unspecified atom stereocenters. The third kappa shape index (κ3) is 8.16. The van der Waals surface area contributed by atoms with Gasteiger partial charge in [-0.25, -0.2) is 14.8 Å². The summed E-state index contributed by atoms with van der Waals surface area (Å²) in [7, 11) is -1.30. The van der Waals surface area contributed by atoms with Gasteiger partial charge in [0.05, 0.1) is 22.0 Å². The lowest BCUT2D eigenvalue weighted by molar-refractivity contribution is -0.145. The van der Waals surface area contributed by atoms with Crippen LogP contribution in [0.4, 0.5) is 0 Å². The second kappa shape index (κ2) is 15.7. The molecular weight excluding hydrogens is 731 g/mol. The van der Waals surface area contributed by atoms with E-state index in [2.05, 4.69) is 35.7 Å². The fraction of sp³-hybridized carbons (Fsp3) is 0.432. The smallest absolute Gasteiger partial charge is 0.345 e. The monoisotopic (exact) mass is 772 g/mol. The van der Waals surface area contributed by atoms with Crippen molar-refractivity contribution < 1.29 is 38.7 Å². The summed E-state index contributed by atoms with van der Waals surface area (Å²) in [6.07, 6.45) is 4.18. The van der Waals surface area contributed by atoms with Crippen LogP contribution in [0.5, 0.6) is 23.1 Å². The number of nitrogens with zero attached hydrogens (tertiary/aromatic N) is 2. The second-order valence-electron chi connectivity index (χ2n) is 14.0. The summed E-state index contributed by atoms with van der Waals surface area (Å²) in [5.41, 5.74) is 4.61. The van der Waals surface area contributed by atoms with Gasteiger partial charge >= 0.3 is 5.97 Å². The number of hydrogen-bond acceptors (Lipinski definition) is 10. The Bertz CT molecular complexity index is 1950. The van der Waals surface area contributed by atoms with Crippen molar-refractivity contribution in [1.29, 1.82) is 0 Å². The number of carboxylic acids is 1. The number of benzene rings is 2. The zero-order valence-corrected chi connectivity index (χ0v) is 32.6. The standard InChI is InChI=1S/C37H42Cl2N2O8SSi/c1-20-28-21(2)32(39)33(31(20)38)48-25(16-42)17-46-24-10-11-26(47-19-45-12-13-51(3,4)5)23(14-24)15-27(37(43)44)49-35-30-29(28)34(22-8-6-7-9-22)50-36(30)41-18-40-35/h8,10-11,14,18,25,27,42H,6-7,9,12-13,15-17,19H2,1-5H3,(H,43,44)/t25-,27-/m1/s1. The Morgan fingerprint density at radius 2 is 1.86 bits per heavy atom. The lowest BCUT2D eigenvalue weighted by atomic mass is 9.91. The summed E-state index contributed by atoms with van der Waals surface area (Å²) in [5, 5.41) is 22.0. The van der Waals surface area contributed by atoms with E-state index in [0.29, 0.717) is 45.0 Å². The Labute approximate surface area is 312 Å². The Balaban J connectivity index is 1.50. The van der Waals surface area contributed by atoms with Crippen LogP contribution in [0, 0.1) is 13.8 Å². The SMILES string of the molecule is Cc1c(Cl)c2c(Cl)c(C)c1-c1c(C3=CCCC3)sc3ncnc(c13)O[C@@H](C(=O)O)Cc1cc(ccc1OCOCC[Si](C)(C)C)OC[C@@H](CO)O2. The van der Waals surface area contributed by atoms with Crippen LogP contribution in [0.2, 0.25) is 35.7 Å². The van der Waals surface area contributed by atoms with Crippen LogP contribution < -0.4 is 18.9 Å². The second-order valence-corrected chi connectivity index (χ2v) is 21.4. The average Bonchev–Trinajstić information content (AvgIpc) is 3.76. The molecule has 4 heterocycles. The summed E-state index contributed by atoms with van der Waals surface area (Å²) >= 11 is 15.6. The highest BCUT2D eigenvalue weighted by atomic mass is 35.5. The Morgan fingerprint density at radius 1 is 1.10 bits per heavy atom. The van der Waals surface area contributed by atoms with Crippen molar-refractivity contribution in [2.75, 3.05) is 26.6 Å². The van der Waals surface area contributed by atoms with E-state index in [1.165, 1.54) is 17.7 Å². The van der Waals surface area contributed by atoms with Gasteiger partial charge in [-0.2, -0.15) is 0 Å². The molecule has 14 heteroatoms. The zero-order chi connectivity index (χ0) is 36.4. The van der Waals surface area contributed by atoms with E-state index in [1.807, 2.05) is 13.8 Å². The quantitative estimate of drug-likeness (QED) is 0.0968. The molecule has 0 fully saturated rings. The van der Waals surface area contributed by atoms with Gasteiger partial charge in [0.2, 0.25) is 12.0 Å². The molecule has 2 N–H and O–H groups in total. The number of hydrogen-bond donors (Lipinski definition) is 2. The predicted molar refractivity (Wildman–Crippen MR) is 203 cm³/mol. The summed E-state index contributed by atoms with van der Waals surface area (Å²) in [6.45, 7) is 10.7. The van der Waals surface area contributed by atoms with Crippen LogP contribution >= 0.6 is 34.5 Å². The number of aliphatic carboxylic acids is 1. The maximum atomic E-state index is 12.9. The number of carboxylic acid groups (broad SMARTS) is 1. The van der Waals surface area contributed by atoms with Crippen molar-refractivity contribution in [3.8, 4) is 34.3 Å². The van der Waals surface area contributed by atoms with Crippen LogP contribution in [-0.2, 0) is 16.0 Å². The van der Waals surface area contributed by atoms with Gasteiger partial charge in [0.15, 0.2) is 18.6 Å². The molecule has 0 saturated heterocycles. The molecular formula is C37H42Cl2N2O8SSi. The van der Waals surface area contributed by atoms with Gasteiger partial charge in [-0.15, -0.1) is 11.3 Å². The van der Waals surface area contributed by atoms with E-state index in [0.717, 1.165) is 46.9 Å². The molecule has 3 aliphatic rings. The number of halogens is 2. The van der Waals surface area contributed by atoms with E-state index in [-0.39, 0.29) is 48.1 Å². The van der Waals surface area contributed by atoms with Gasteiger partial charge in [-0.1, -0.05) is 48.9 Å². The van der Waals surface area contributed by atoms with Gasteiger partial charge in [-0.3, -0.25) is 0 Å². The molecule has 51 heavy (non-hydrogen) atoms. The van der Waals surface area contributed by atoms with Gasteiger partial charge in [0.25, 0.3) is 0 Å². The van der Waals surface area contributed by atoms with E-state index >= 15 is 0 Å². The number of carbonyl (C=O) groups is 1. The first-order valence-corrected chi connectivity index (χ1v) is 22.2. The van der Waals surface area contributed by atoms with Gasteiger partial charge in [-0.05, 0) is 79.6 Å². The first kappa shape index (κ1) is 37.4. The Morgan fingerprint density at radius 3 is 2.53 bits per heavy atom. The molecule has 0 saturated carbocycles. The van der Waals surface area contributed by atoms with Crippen LogP contribution in [0.1, 0.15) is 40.8 Å². The molecule has 2 atom stereocenters. The first-order chi connectivity index (χ1) is 24.4. The number of rotatable bonds is 9. The number of fused-ring (bicyclic) bond motifs is 7. The minimum atomic E-state index is -1.36. The lowest BCUT2D eigenvalue weighted by Crippen LogP contribution is -2.30. The summed E-state index contributed by atoms with van der Waals surface area (Å²) < 4.78 is 30.5. The van der Waals surface area contributed by atoms with Crippen molar-refractivity contribution in [2.45, 2.75) is 77.4 Å². The molecule has 10 nitrogen and oxygen atoms in total. The predicted octanol–water partition coefficient (Wildman–Crippen LogP) is 8.75. The highest BCUT2D eigenvalue weighted by molar-refractivity contribution is 7.20. The largest absolute Gasteiger partial charge is 0.490 e. The minimum absolute atomic E-state index is 0.00241. The molecule has 7 rings (SSSR count). The Hall–Kier alpha value is -3.39. The molecule has 0 radical (unpaired) electrons. The van der Waals surface area contributed by atoms with Crippen LogP contribution in [0.25, 0.3) is 26.9 Å². The van der Waals surface area contributed by atoms with E-state index < -0.39 is 26.3 Å². The third-order valence-corrected chi connectivity index (χ3v) is 12.8. The molecule has 2 aromatic carbocycles.